The molecule has 21 heavy (non-hydrogen) atoms. The maximum absolute atomic E-state index is 3.53. The average molecular weight is 289 g/mol. The molecule has 1 fully saturated rings. The summed E-state index contributed by atoms with van der Waals surface area (Å²) in [6, 6.07) is 8.84. The highest BCUT2D eigenvalue weighted by Crippen LogP contribution is 2.24. The second-order valence-electron chi connectivity index (χ2n) is 6.95. The highest BCUT2D eigenvalue weighted by Gasteiger charge is 2.26. The van der Waals surface area contributed by atoms with Crippen LogP contribution in [0.2, 0.25) is 0 Å². The van der Waals surface area contributed by atoms with Crippen molar-refractivity contribution in [3.8, 4) is 0 Å². The van der Waals surface area contributed by atoms with E-state index in [9.17, 15) is 0 Å². The summed E-state index contributed by atoms with van der Waals surface area (Å²) in [7, 11) is 0. The Hall–Kier alpha value is -1.06. The van der Waals surface area contributed by atoms with E-state index in [0.29, 0.717) is 0 Å². The predicted octanol–water partition coefficient (Wildman–Crippen LogP) is 3.11. The maximum atomic E-state index is 3.53. The minimum atomic E-state index is 0.286. The first-order valence-corrected chi connectivity index (χ1v) is 8.31. The van der Waals surface area contributed by atoms with Crippen LogP contribution in [0, 0.1) is 0 Å². The normalized spacial score (nSPS) is 17.2. The van der Waals surface area contributed by atoms with Crippen molar-refractivity contribution in [3.05, 3.63) is 29.8 Å². The second-order valence-corrected chi connectivity index (χ2v) is 6.95. The van der Waals surface area contributed by atoms with Crippen LogP contribution in [0.3, 0.4) is 0 Å². The van der Waals surface area contributed by atoms with E-state index >= 15 is 0 Å². The Balaban J connectivity index is 1.99. The molecule has 0 saturated carbocycles. The van der Waals surface area contributed by atoms with Gasteiger partial charge in [-0.25, -0.2) is 0 Å². The molecule has 1 aromatic carbocycles. The Morgan fingerprint density at radius 2 is 1.71 bits per heavy atom. The van der Waals surface area contributed by atoms with Gasteiger partial charge in [-0.15, -0.1) is 0 Å². The number of para-hydroxylation sites is 1. The molecule has 0 spiro atoms. The summed E-state index contributed by atoms with van der Waals surface area (Å²) >= 11 is 0. The number of nitrogens with one attached hydrogen (secondary N) is 1. The van der Waals surface area contributed by atoms with E-state index in [1.165, 1.54) is 17.7 Å². The van der Waals surface area contributed by atoms with Gasteiger partial charge < -0.3 is 10.2 Å². The van der Waals surface area contributed by atoms with Crippen molar-refractivity contribution in [2.45, 2.75) is 46.2 Å². The van der Waals surface area contributed by atoms with Gasteiger partial charge in [-0.3, -0.25) is 4.90 Å². The summed E-state index contributed by atoms with van der Waals surface area (Å²) < 4.78 is 0. The number of nitrogens with zero attached hydrogens (tertiary/aromatic N) is 2. The average Bonchev–Trinajstić information content (AvgIpc) is 2.47. The van der Waals surface area contributed by atoms with Crippen LogP contribution >= 0.6 is 0 Å². The zero-order valence-corrected chi connectivity index (χ0v) is 14.2. The van der Waals surface area contributed by atoms with Gasteiger partial charge in [0.05, 0.1) is 0 Å². The summed E-state index contributed by atoms with van der Waals surface area (Å²) in [5.74, 6) is 0. The molecule has 0 bridgehead atoms. The van der Waals surface area contributed by atoms with E-state index < -0.39 is 0 Å². The van der Waals surface area contributed by atoms with Gasteiger partial charge in [-0.2, -0.15) is 0 Å². The molecular weight excluding hydrogens is 258 g/mol. The van der Waals surface area contributed by atoms with E-state index in [4.69, 9.17) is 0 Å². The molecule has 1 aliphatic rings. The third-order valence-corrected chi connectivity index (χ3v) is 4.30. The van der Waals surface area contributed by atoms with Gasteiger partial charge in [0.25, 0.3) is 0 Å². The molecule has 3 heteroatoms. The van der Waals surface area contributed by atoms with Crippen LogP contribution in [0.25, 0.3) is 0 Å². The van der Waals surface area contributed by atoms with Crippen molar-refractivity contribution >= 4 is 5.69 Å². The fourth-order valence-corrected chi connectivity index (χ4v) is 2.99. The van der Waals surface area contributed by atoms with E-state index in [1.54, 1.807) is 0 Å². The highest BCUT2D eigenvalue weighted by molar-refractivity contribution is 5.54. The van der Waals surface area contributed by atoms with Gasteiger partial charge in [-0.1, -0.05) is 25.1 Å². The largest absolute Gasteiger partial charge is 0.369 e. The molecule has 1 heterocycles. The SMILES string of the molecule is CCCNCc1ccccc1N1CCN(C(C)(C)C)CC1. The lowest BCUT2D eigenvalue weighted by Crippen LogP contribution is -2.53. The summed E-state index contributed by atoms with van der Waals surface area (Å²) in [6.07, 6.45) is 1.19. The molecule has 2 rings (SSSR count). The molecule has 1 aliphatic heterocycles. The zero-order valence-electron chi connectivity index (χ0n) is 14.2. The number of rotatable bonds is 5. The second kappa shape index (κ2) is 7.28. The molecule has 0 radical (unpaired) electrons. The quantitative estimate of drug-likeness (QED) is 0.840. The van der Waals surface area contributed by atoms with Crippen molar-refractivity contribution in [1.29, 1.82) is 0 Å². The molecule has 0 aliphatic carbocycles. The van der Waals surface area contributed by atoms with Crippen molar-refractivity contribution in [3.63, 3.8) is 0 Å². The first-order chi connectivity index (χ1) is 10.0. The molecule has 1 saturated heterocycles. The lowest BCUT2D eigenvalue weighted by Gasteiger charge is -2.43. The van der Waals surface area contributed by atoms with Gasteiger partial charge in [0, 0.05) is 44.0 Å². The first kappa shape index (κ1) is 16.3. The van der Waals surface area contributed by atoms with Crippen LogP contribution in [0.15, 0.2) is 24.3 Å². The van der Waals surface area contributed by atoms with Gasteiger partial charge in [-0.05, 0) is 45.4 Å². The summed E-state index contributed by atoms with van der Waals surface area (Å²) in [5, 5.41) is 3.53. The Morgan fingerprint density at radius 1 is 1.05 bits per heavy atom. The minimum absolute atomic E-state index is 0.286. The Bertz CT molecular complexity index is 428. The number of anilines is 1. The molecule has 0 aromatic heterocycles. The summed E-state index contributed by atoms with van der Waals surface area (Å²) in [5.41, 5.74) is 3.12. The molecule has 0 unspecified atom stereocenters. The van der Waals surface area contributed by atoms with Crippen molar-refractivity contribution in [2.24, 2.45) is 0 Å². The van der Waals surface area contributed by atoms with Crippen molar-refractivity contribution in [1.82, 2.24) is 10.2 Å². The molecule has 0 atom stereocenters. The summed E-state index contributed by atoms with van der Waals surface area (Å²) in [4.78, 5) is 5.13. The zero-order chi connectivity index (χ0) is 15.3. The monoisotopic (exact) mass is 289 g/mol. The third kappa shape index (κ3) is 4.45. The minimum Gasteiger partial charge on any atom is -0.369 e. The molecule has 118 valence electrons. The first-order valence-electron chi connectivity index (χ1n) is 8.31. The van der Waals surface area contributed by atoms with Crippen LogP contribution in [0.4, 0.5) is 5.69 Å². The Kier molecular flexibility index (Phi) is 5.65. The highest BCUT2D eigenvalue weighted by atomic mass is 15.3. The van der Waals surface area contributed by atoms with E-state index in [0.717, 1.165) is 39.3 Å². The van der Waals surface area contributed by atoms with E-state index in [-0.39, 0.29) is 5.54 Å². The molecule has 0 amide bonds. The topological polar surface area (TPSA) is 18.5 Å². The molecule has 1 aromatic rings. The van der Waals surface area contributed by atoms with Crippen LogP contribution in [-0.4, -0.2) is 43.2 Å². The smallest absolute Gasteiger partial charge is 0.0412 e. The Labute approximate surface area is 130 Å². The summed E-state index contributed by atoms with van der Waals surface area (Å²) in [6.45, 7) is 15.8. The van der Waals surface area contributed by atoms with Crippen LogP contribution in [-0.2, 0) is 6.54 Å². The van der Waals surface area contributed by atoms with Crippen molar-refractivity contribution in [2.75, 3.05) is 37.6 Å². The van der Waals surface area contributed by atoms with E-state index in [1.807, 2.05) is 0 Å². The van der Waals surface area contributed by atoms with Crippen LogP contribution in [0.5, 0.6) is 0 Å². The Morgan fingerprint density at radius 3 is 2.33 bits per heavy atom. The van der Waals surface area contributed by atoms with Crippen molar-refractivity contribution < 1.29 is 0 Å². The number of piperazine rings is 1. The molecule has 3 nitrogen and oxygen atoms in total. The van der Waals surface area contributed by atoms with Gasteiger partial charge in [0.1, 0.15) is 0 Å². The van der Waals surface area contributed by atoms with E-state index in [2.05, 4.69) is 67.1 Å². The third-order valence-electron chi connectivity index (χ3n) is 4.30. The lowest BCUT2D eigenvalue weighted by atomic mass is 10.0. The van der Waals surface area contributed by atoms with Gasteiger partial charge >= 0.3 is 0 Å². The number of hydrogen-bond acceptors (Lipinski definition) is 3. The molecule has 1 N–H and O–H groups in total. The van der Waals surface area contributed by atoms with Gasteiger partial charge in [0.15, 0.2) is 0 Å². The standard InChI is InChI=1S/C18H31N3/c1-5-10-19-15-16-8-6-7-9-17(16)20-11-13-21(14-12-20)18(2,3)4/h6-9,19H,5,10-15H2,1-4H3. The number of benzene rings is 1. The maximum Gasteiger partial charge on any atom is 0.0412 e. The fraction of sp³-hybridized carbons (Fsp3) is 0.667. The number of hydrogen-bond donors (Lipinski definition) is 1. The van der Waals surface area contributed by atoms with Crippen LogP contribution in [0.1, 0.15) is 39.7 Å². The fourth-order valence-electron chi connectivity index (χ4n) is 2.99. The molecular formula is C18H31N3. The van der Waals surface area contributed by atoms with Crippen LogP contribution < -0.4 is 10.2 Å². The predicted molar refractivity (Wildman–Crippen MR) is 92.0 cm³/mol. The lowest BCUT2D eigenvalue weighted by molar-refractivity contribution is 0.128. The van der Waals surface area contributed by atoms with Gasteiger partial charge in [0.2, 0.25) is 0 Å².